The normalized spacial score (nSPS) is 11.3. The molecule has 3 heteroatoms. The molecule has 0 atom stereocenters. The van der Waals surface area contributed by atoms with Gasteiger partial charge in [0.05, 0.1) is 6.20 Å². The minimum Gasteiger partial charge on any atom is -0.213 e. The SMILES string of the molecule is Cc1ccccc1-[n+]1c(C)n2ccnc2c2ccccc2c2ccccc2c2ccccc21. The van der Waals surface area contributed by atoms with Crippen molar-refractivity contribution >= 4 is 38.1 Å². The Balaban J connectivity index is 2.05. The molecule has 0 aliphatic rings. The van der Waals surface area contributed by atoms with E-state index < -0.39 is 0 Å². The summed E-state index contributed by atoms with van der Waals surface area (Å²) >= 11 is 0. The Morgan fingerprint density at radius 1 is 0.606 bits per heavy atom. The van der Waals surface area contributed by atoms with Crippen LogP contribution in [0.4, 0.5) is 0 Å². The maximum Gasteiger partial charge on any atom is 0.265 e. The van der Waals surface area contributed by atoms with Crippen molar-refractivity contribution < 1.29 is 4.57 Å². The molecule has 0 radical (unpaired) electrons. The van der Waals surface area contributed by atoms with E-state index in [1.165, 1.54) is 27.1 Å². The fourth-order valence-electron chi connectivity index (χ4n) is 4.93. The predicted octanol–water partition coefficient (Wildman–Crippen LogP) is 6.81. The second-order valence-corrected chi connectivity index (χ2v) is 8.40. The summed E-state index contributed by atoms with van der Waals surface area (Å²) in [7, 11) is 0. The molecule has 0 saturated carbocycles. The lowest BCUT2D eigenvalue weighted by molar-refractivity contribution is -0.578. The minimum absolute atomic E-state index is 0.941. The zero-order valence-corrected chi connectivity index (χ0v) is 18.7. The molecule has 158 valence electrons. The Labute approximate surface area is 192 Å². The summed E-state index contributed by atoms with van der Waals surface area (Å²) < 4.78 is 4.57. The smallest absolute Gasteiger partial charge is 0.213 e. The Kier molecular flexibility index (Phi) is 4.55. The Hall–Kier alpha value is -4.24. The highest BCUT2D eigenvalue weighted by molar-refractivity contribution is 6.15. The van der Waals surface area contributed by atoms with Gasteiger partial charge in [0.15, 0.2) is 0 Å². The van der Waals surface area contributed by atoms with Crippen molar-refractivity contribution in [3.63, 3.8) is 0 Å². The molecule has 3 nitrogen and oxygen atoms in total. The van der Waals surface area contributed by atoms with Gasteiger partial charge in [0.25, 0.3) is 5.82 Å². The highest BCUT2D eigenvalue weighted by atomic mass is 15.1. The van der Waals surface area contributed by atoms with Gasteiger partial charge in [0.1, 0.15) is 17.4 Å². The molecule has 33 heavy (non-hydrogen) atoms. The number of aromatic nitrogens is 3. The molecule has 0 fully saturated rings. The van der Waals surface area contributed by atoms with Crippen LogP contribution < -0.4 is 4.57 Å². The average Bonchev–Trinajstić information content (AvgIpc) is 3.35. The summed E-state index contributed by atoms with van der Waals surface area (Å²) in [5.74, 6) is 1.08. The summed E-state index contributed by atoms with van der Waals surface area (Å²) in [4.78, 5) is 4.82. The van der Waals surface area contributed by atoms with Crippen LogP contribution in [0, 0.1) is 13.8 Å². The molecule has 0 N–H and O–H groups in total. The van der Waals surface area contributed by atoms with Gasteiger partial charge < -0.3 is 0 Å². The maximum atomic E-state index is 4.82. The van der Waals surface area contributed by atoms with Gasteiger partial charge in [-0.1, -0.05) is 78.9 Å². The van der Waals surface area contributed by atoms with Gasteiger partial charge in [0, 0.05) is 17.7 Å². The van der Waals surface area contributed by atoms with E-state index in [1.807, 2.05) is 6.20 Å². The van der Waals surface area contributed by atoms with E-state index >= 15 is 0 Å². The van der Waals surface area contributed by atoms with Crippen molar-refractivity contribution in [3.05, 3.63) is 121 Å². The Bertz CT molecular complexity index is 1740. The van der Waals surface area contributed by atoms with Crippen LogP contribution in [-0.4, -0.2) is 9.38 Å². The van der Waals surface area contributed by atoms with Gasteiger partial charge >= 0.3 is 0 Å². The fourth-order valence-corrected chi connectivity index (χ4v) is 4.93. The average molecular weight is 427 g/mol. The Morgan fingerprint density at radius 3 is 1.88 bits per heavy atom. The first-order valence-corrected chi connectivity index (χ1v) is 11.3. The van der Waals surface area contributed by atoms with E-state index in [-0.39, 0.29) is 0 Å². The molecule has 0 unspecified atom stereocenters. The number of fused-ring (bicyclic) bond motifs is 7. The first kappa shape index (κ1) is 19.4. The topological polar surface area (TPSA) is 21.2 Å². The molecule has 2 aromatic heterocycles. The zero-order valence-electron chi connectivity index (χ0n) is 18.7. The van der Waals surface area contributed by atoms with E-state index in [0.29, 0.717) is 0 Å². The molecule has 0 spiro atoms. The second-order valence-electron chi connectivity index (χ2n) is 8.40. The van der Waals surface area contributed by atoms with Crippen molar-refractivity contribution in [3.8, 4) is 5.69 Å². The van der Waals surface area contributed by atoms with Crippen molar-refractivity contribution in [2.45, 2.75) is 13.8 Å². The zero-order chi connectivity index (χ0) is 22.4. The highest BCUT2D eigenvalue weighted by Crippen LogP contribution is 2.28. The molecule has 0 amide bonds. The molecular formula is C30H24N3+. The quantitative estimate of drug-likeness (QED) is 0.265. The summed E-state index contributed by atoms with van der Waals surface area (Å²) in [6.07, 6.45) is 3.95. The molecule has 0 saturated heterocycles. The first-order valence-electron chi connectivity index (χ1n) is 11.3. The third-order valence-corrected chi connectivity index (χ3v) is 6.49. The van der Waals surface area contributed by atoms with Gasteiger partial charge in [-0.15, -0.1) is 0 Å². The first-order chi connectivity index (χ1) is 16.2. The van der Waals surface area contributed by atoms with Gasteiger partial charge in [-0.25, -0.2) is 4.98 Å². The maximum absolute atomic E-state index is 4.82. The third-order valence-electron chi connectivity index (χ3n) is 6.49. The summed E-state index contributed by atoms with van der Waals surface area (Å²) in [6, 6.07) is 34.5. The standard InChI is InChI=1S/C30H24N3/c1-21-11-3-9-17-28(21)33-22(2)32-20-19-31-30(32)27-16-7-6-14-25(27)23-12-4-5-13-24(23)26-15-8-10-18-29(26)33/h3-20H,1-2H3/q+1. The lowest BCUT2D eigenvalue weighted by Crippen LogP contribution is -2.37. The number of nitrogens with zero attached hydrogens (tertiary/aromatic N) is 3. The van der Waals surface area contributed by atoms with E-state index in [2.05, 4.69) is 126 Å². The van der Waals surface area contributed by atoms with Crippen molar-refractivity contribution in [1.82, 2.24) is 9.38 Å². The number of benzene rings is 4. The number of para-hydroxylation sites is 2. The van der Waals surface area contributed by atoms with Crippen molar-refractivity contribution in [1.29, 1.82) is 0 Å². The second kappa shape index (κ2) is 7.72. The van der Waals surface area contributed by atoms with Crippen LogP contribution in [-0.2, 0) is 0 Å². The van der Waals surface area contributed by atoms with Crippen LogP contribution in [0.15, 0.2) is 109 Å². The van der Waals surface area contributed by atoms with Crippen LogP contribution in [0.1, 0.15) is 11.4 Å². The minimum atomic E-state index is 0.941. The third kappa shape index (κ3) is 3.05. The fraction of sp³-hybridized carbons (Fsp3) is 0.0667. The monoisotopic (exact) mass is 426 g/mol. The molecule has 6 rings (SSSR count). The van der Waals surface area contributed by atoms with Crippen molar-refractivity contribution in [2.75, 3.05) is 0 Å². The predicted molar refractivity (Wildman–Crippen MR) is 136 cm³/mol. The molecule has 0 bridgehead atoms. The summed E-state index contributed by atoms with van der Waals surface area (Å²) in [6.45, 7) is 4.34. The number of aryl methyl sites for hydroxylation is 2. The van der Waals surface area contributed by atoms with Gasteiger partial charge in [-0.2, -0.15) is 8.97 Å². The molecule has 2 heterocycles. The van der Waals surface area contributed by atoms with Gasteiger partial charge in [-0.3, -0.25) is 0 Å². The van der Waals surface area contributed by atoms with Gasteiger partial charge in [-0.05, 0) is 46.8 Å². The summed E-state index contributed by atoms with van der Waals surface area (Å²) in [5, 5.41) is 5.94. The van der Waals surface area contributed by atoms with Crippen molar-refractivity contribution in [2.24, 2.45) is 0 Å². The summed E-state index contributed by atoms with van der Waals surface area (Å²) in [5.41, 5.74) is 4.47. The van der Waals surface area contributed by atoms with Crippen LogP contribution in [0.3, 0.4) is 0 Å². The lowest BCUT2D eigenvalue weighted by atomic mass is 10.0. The lowest BCUT2D eigenvalue weighted by Gasteiger charge is -2.10. The number of hydrogen-bond donors (Lipinski definition) is 0. The van der Waals surface area contributed by atoms with E-state index in [9.17, 15) is 0 Å². The van der Waals surface area contributed by atoms with Crippen LogP contribution in [0.25, 0.3) is 43.8 Å². The highest BCUT2D eigenvalue weighted by Gasteiger charge is 2.18. The van der Waals surface area contributed by atoms with Crippen LogP contribution >= 0.6 is 0 Å². The molecular weight excluding hydrogens is 402 g/mol. The Morgan fingerprint density at radius 2 is 1.15 bits per heavy atom. The van der Waals surface area contributed by atoms with Gasteiger partial charge in [0.2, 0.25) is 5.65 Å². The molecule has 0 aliphatic carbocycles. The molecule has 4 aromatic carbocycles. The number of rotatable bonds is 1. The van der Waals surface area contributed by atoms with Crippen LogP contribution in [0.2, 0.25) is 0 Å². The largest absolute Gasteiger partial charge is 0.265 e. The number of imidazole rings is 1. The van der Waals surface area contributed by atoms with E-state index in [4.69, 9.17) is 4.98 Å². The molecule has 6 aromatic rings. The molecule has 0 aliphatic heterocycles. The van der Waals surface area contributed by atoms with Crippen LogP contribution in [0.5, 0.6) is 0 Å². The van der Waals surface area contributed by atoms with E-state index in [0.717, 1.165) is 28.1 Å². The van der Waals surface area contributed by atoms with E-state index in [1.54, 1.807) is 0 Å². The number of hydrogen-bond acceptors (Lipinski definition) is 1.